The van der Waals surface area contributed by atoms with E-state index in [2.05, 4.69) is 27.7 Å². The maximum Gasteiger partial charge on any atom is 0.357 e. The van der Waals surface area contributed by atoms with Crippen LogP contribution in [0.2, 0.25) is 0 Å². The van der Waals surface area contributed by atoms with Crippen LogP contribution < -0.4 is 0 Å². The molecule has 0 aliphatic heterocycles. The molecule has 0 radical (unpaired) electrons. The van der Waals surface area contributed by atoms with E-state index in [1.54, 1.807) is 11.6 Å². The second kappa shape index (κ2) is 4.77. The van der Waals surface area contributed by atoms with Crippen molar-refractivity contribution in [3.63, 3.8) is 0 Å². The van der Waals surface area contributed by atoms with Crippen molar-refractivity contribution in [1.29, 1.82) is 0 Å². The minimum atomic E-state index is -0.292. The molecule has 0 amide bonds. The molecule has 0 spiro atoms. The molecule has 1 rings (SSSR count). The Morgan fingerprint density at radius 3 is 2.71 bits per heavy atom. The van der Waals surface area contributed by atoms with Gasteiger partial charge in [0.2, 0.25) is 0 Å². The number of aryl methyl sites for hydroxylation is 2. The first-order valence-electron chi connectivity index (χ1n) is 4.51. The monoisotopic (exact) mass is 308 g/mol. The van der Waals surface area contributed by atoms with Crippen LogP contribution in [-0.4, -0.2) is 22.4 Å². The molecule has 1 aromatic rings. The summed E-state index contributed by atoms with van der Waals surface area (Å²) in [4.78, 5) is 11.6. The van der Waals surface area contributed by atoms with Gasteiger partial charge < -0.3 is 4.74 Å². The summed E-state index contributed by atoms with van der Waals surface area (Å²) in [7, 11) is 0. The van der Waals surface area contributed by atoms with Crippen LogP contribution in [0.3, 0.4) is 0 Å². The van der Waals surface area contributed by atoms with Crippen molar-refractivity contribution in [3.05, 3.63) is 15.0 Å². The summed E-state index contributed by atoms with van der Waals surface area (Å²) < 4.78 is 7.51. The molecular formula is C9H13IN2O2. The minimum Gasteiger partial charge on any atom is -0.461 e. The number of rotatable bonds is 3. The van der Waals surface area contributed by atoms with Crippen LogP contribution in [0.15, 0.2) is 0 Å². The average molecular weight is 308 g/mol. The van der Waals surface area contributed by atoms with Crippen molar-refractivity contribution >= 4 is 28.6 Å². The molecule has 0 atom stereocenters. The smallest absolute Gasteiger partial charge is 0.357 e. The Morgan fingerprint density at radius 1 is 1.57 bits per heavy atom. The molecule has 0 fully saturated rings. The van der Waals surface area contributed by atoms with Crippen LogP contribution in [0.4, 0.5) is 0 Å². The van der Waals surface area contributed by atoms with Gasteiger partial charge >= 0.3 is 5.97 Å². The lowest BCUT2D eigenvalue weighted by Crippen LogP contribution is -2.13. The molecule has 0 aliphatic rings. The van der Waals surface area contributed by atoms with Gasteiger partial charge in [0.25, 0.3) is 0 Å². The Bertz CT molecular complexity index is 347. The fraction of sp³-hybridized carbons (Fsp3) is 0.556. The van der Waals surface area contributed by atoms with Gasteiger partial charge in [0, 0.05) is 6.54 Å². The number of carbonyl (C=O) groups excluding carboxylic acids is 1. The minimum absolute atomic E-state index is 0.292. The van der Waals surface area contributed by atoms with Crippen molar-refractivity contribution in [3.8, 4) is 0 Å². The van der Waals surface area contributed by atoms with E-state index in [4.69, 9.17) is 4.74 Å². The Labute approximate surface area is 96.8 Å². The second-order valence-corrected chi connectivity index (χ2v) is 3.86. The quantitative estimate of drug-likeness (QED) is 0.633. The molecule has 1 heterocycles. The van der Waals surface area contributed by atoms with Gasteiger partial charge in [-0.25, -0.2) is 4.79 Å². The lowest BCUT2D eigenvalue weighted by molar-refractivity contribution is 0.0511. The Morgan fingerprint density at radius 2 is 2.21 bits per heavy atom. The predicted molar refractivity (Wildman–Crippen MR) is 61.3 cm³/mol. The number of carbonyl (C=O) groups is 1. The zero-order valence-corrected chi connectivity index (χ0v) is 10.7. The van der Waals surface area contributed by atoms with E-state index in [-0.39, 0.29) is 5.97 Å². The molecule has 4 nitrogen and oxygen atoms in total. The van der Waals surface area contributed by atoms with E-state index >= 15 is 0 Å². The van der Waals surface area contributed by atoms with E-state index in [9.17, 15) is 4.79 Å². The van der Waals surface area contributed by atoms with Gasteiger partial charge in [-0.3, -0.25) is 4.68 Å². The van der Waals surface area contributed by atoms with Crippen molar-refractivity contribution in [1.82, 2.24) is 9.78 Å². The number of nitrogens with zero attached hydrogens (tertiary/aromatic N) is 2. The van der Waals surface area contributed by atoms with Crippen molar-refractivity contribution < 1.29 is 9.53 Å². The van der Waals surface area contributed by atoms with E-state index < -0.39 is 0 Å². The van der Waals surface area contributed by atoms with E-state index in [0.717, 1.165) is 9.26 Å². The van der Waals surface area contributed by atoms with Gasteiger partial charge in [-0.2, -0.15) is 5.10 Å². The summed E-state index contributed by atoms with van der Waals surface area (Å²) >= 11 is 2.12. The van der Waals surface area contributed by atoms with Crippen molar-refractivity contribution in [2.24, 2.45) is 0 Å². The fourth-order valence-corrected chi connectivity index (χ4v) is 1.79. The molecule has 0 N–H and O–H groups in total. The van der Waals surface area contributed by atoms with Crippen LogP contribution in [0.1, 0.15) is 30.0 Å². The van der Waals surface area contributed by atoms with Gasteiger partial charge in [-0.15, -0.1) is 0 Å². The van der Waals surface area contributed by atoms with Gasteiger partial charge in [0.15, 0.2) is 5.69 Å². The summed E-state index contributed by atoms with van der Waals surface area (Å²) in [5, 5.41) is 4.24. The summed E-state index contributed by atoms with van der Waals surface area (Å²) in [5.41, 5.74) is 1.43. The van der Waals surface area contributed by atoms with Crippen LogP contribution in [-0.2, 0) is 11.3 Å². The number of hydrogen-bond acceptors (Lipinski definition) is 3. The highest BCUT2D eigenvalue weighted by molar-refractivity contribution is 14.1. The maximum absolute atomic E-state index is 11.6. The number of hydrogen-bond donors (Lipinski definition) is 0. The van der Waals surface area contributed by atoms with Gasteiger partial charge in [0.05, 0.1) is 15.9 Å². The molecule has 0 saturated carbocycles. The first-order valence-corrected chi connectivity index (χ1v) is 5.59. The standard InChI is InChI=1S/C9H13IN2O2/c1-4-12-8(9(13)14-5-2)7(10)6(3)11-12/h4-5H2,1-3H3. The Kier molecular flexibility index (Phi) is 3.91. The van der Waals surface area contributed by atoms with Gasteiger partial charge in [0.1, 0.15) is 0 Å². The zero-order chi connectivity index (χ0) is 10.7. The highest BCUT2D eigenvalue weighted by Crippen LogP contribution is 2.17. The van der Waals surface area contributed by atoms with E-state index in [1.807, 2.05) is 13.8 Å². The number of aromatic nitrogens is 2. The van der Waals surface area contributed by atoms with Crippen LogP contribution in [0, 0.1) is 10.5 Å². The summed E-state index contributed by atoms with van der Waals surface area (Å²) in [6, 6.07) is 0. The largest absolute Gasteiger partial charge is 0.461 e. The lowest BCUT2D eigenvalue weighted by Gasteiger charge is -2.04. The molecule has 1 aromatic heterocycles. The molecule has 78 valence electrons. The third kappa shape index (κ3) is 2.08. The Hall–Kier alpha value is -0.590. The average Bonchev–Trinajstić information content (AvgIpc) is 2.43. The van der Waals surface area contributed by atoms with Crippen LogP contribution in [0.25, 0.3) is 0 Å². The zero-order valence-electron chi connectivity index (χ0n) is 8.50. The lowest BCUT2D eigenvalue weighted by atomic mass is 10.4. The molecule has 0 aliphatic carbocycles. The summed E-state index contributed by atoms with van der Waals surface area (Å²) in [5.74, 6) is -0.292. The third-order valence-corrected chi connectivity index (χ3v) is 3.11. The molecule has 0 unspecified atom stereocenters. The SMILES string of the molecule is CCOC(=O)c1c(I)c(C)nn1CC. The summed E-state index contributed by atoms with van der Waals surface area (Å²) in [6.45, 7) is 6.70. The molecular weight excluding hydrogens is 295 g/mol. The van der Waals surface area contributed by atoms with Crippen molar-refractivity contribution in [2.45, 2.75) is 27.3 Å². The molecule has 0 aromatic carbocycles. The molecule has 0 bridgehead atoms. The summed E-state index contributed by atoms with van der Waals surface area (Å²) in [6.07, 6.45) is 0. The third-order valence-electron chi connectivity index (χ3n) is 1.82. The maximum atomic E-state index is 11.6. The predicted octanol–water partition coefficient (Wildman–Crippen LogP) is 1.99. The van der Waals surface area contributed by atoms with Crippen molar-refractivity contribution in [2.75, 3.05) is 6.61 Å². The molecule has 14 heavy (non-hydrogen) atoms. The first-order chi connectivity index (χ1) is 6.61. The number of ether oxygens (including phenoxy) is 1. The van der Waals surface area contributed by atoms with Gasteiger partial charge in [-0.1, -0.05) is 0 Å². The van der Waals surface area contributed by atoms with E-state index in [0.29, 0.717) is 18.8 Å². The van der Waals surface area contributed by atoms with Crippen LogP contribution >= 0.6 is 22.6 Å². The van der Waals surface area contributed by atoms with Crippen LogP contribution in [0.5, 0.6) is 0 Å². The highest BCUT2D eigenvalue weighted by Gasteiger charge is 2.19. The second-order valence-electron chi connectivity index (χ2n) is 2.78. The number of esters is 1. The Balaban J connectivity index is 3.10. The molecule has 0 saturated heterocycles. The molecule has 5 heteroatoms. The first kappa shape index (κ1) is 11.5. The topological polar surface area (TPSA) is 44.1 Å². The van der Waals surface area contributed by atoms with Gasteiger partial charge in [-0.05, 0) is 43.4 Å². The number of halogens is 1. The fourth-order valence-electron chi connectivity index (χ4n) is 1.18. The highest BCUT2D eigenvalue weighted by atomic mass is 127. The normalized spacial score (nSPS) is 10.3. The van der Waals surface area contributed by atoms with E-state index in [1.165, 1.54) is 0 Å².